The van der Waals surface area contributed by atoms with Crippen molar-refractivity contribution in [1.82, 2.24) is 10.6 Å². The maximum Gasteiger partial charge on any atom is 0.124 e. The molecule has 3 rings (SSSR count). The van der Waals surface area contributed by atoms with Gasteiger partial charge in [0.05, 0.1) is 0 Å². The molecule has 2 N–H and O–H groups in total. The van der Waals surface area contributed by atoms with Crippen molar-refractivity contribution in [2.75, 3.05) is 20.1 Å². The van der Waals surface area contributed by atoms with Crippen LogP contribution in [0.5, 0.6) is 5.75 Å². The average molecular weight is 476 g/mol. The summed E-state index contributed by atoms with van der Waals surface area (Å²) in [6, 6.07) is 18.0. The minimum absolute atomic E-state index is 0. The molecule has 3 nitrogen and oxygen atoms in total. The van der Waals surface area contributed by atoms with E-state index >= 15 is 0 Å². The Morgan fingerprint density at radius 1 is 0.931 bits per heavy atom. The van der Waals surface area contributed by atoms with Crippen molar-refractivity contribution in [3.8, 4) is 5.75 Å². The van der Waals surface area contributed by atoms with Crippen LogP contribution in [-0.2, 0) is 13.2 Å². The molecule has 0 aliphatic heterocycles. The lowest BCUT2D eigenvalue weighted by Crippen LogP contribution is -2.20. The normalized spacial score (nSPS) is 10.3. The van der Waals surface area contributed by atoms with Crippen LogP contribution in [0.25, 0.3) is 10.8 Å². The van der Waals surface area contributed by atoms with Crippen LogP contribution >= 0.6 is 48.0 Å². The molecule has 158 valence electrons. The summed E-state index contributed by atoms with van der Waals surface area (Å²) in [7, 11) is 1.97. The van der Waals surface area contributed by atoms with Crippen LogP contribution < -0.4 is 15.4 Å². The Hall–Kier alpha value is -1.20. The second-order valence-electron chi connectivity index (χ2n) is 6.42. The van der Waals surface area contributed by atoms with E-state index in [4.69, 9.17) is 27.9 Å². The third-order valence-electron chi connectivity index (χ3n) is 4.48. The number of nitrogens with one attached hydrogen (secondary N) is 2. The Labute approximate surface area is 194 Å². The Morgan fingerprint density at radius 3 is 2.48 bits per heavy atom. The van der Waals surface area contributed by atoms with Gasteiger partial charge in [-0.2, -0.15) is 0 Å². The van der Waals surface area contributed by atoms with Gasteiger partial charge >= 0.3 is 0 Å². The fourth-order valence-electron chi connectivity index (χ4n) is 3.03. The number of hydrogen-bond acceptors (Lipinski definition) is 3. The molecule has 0 fully saturated rings. The molecule has 3 aromatic carbocycles. The van der Waals surface area contributed by atoms with Crippen LogP contribution in [0.1, 0.15) is 17.5 Å². The molecule has 0 amide bonds. The first kappa shape index (κ1) is 25.8. The van der Waals surface area contributed by atoms with E-state index in [0.29, 0.717) is 16.7 Å². The second-order valence-corrected chi connectivity index (χ2v) is 7.27. The Bertz CT molecular complexity index is 905. The maximum absolute atomic E-state index is 6.28. The minimum atomic E-state index is 0. The molecule has 0 aliphatic carbocycles. The minimum Gasteiger partial charge on any atom is -0.488 e. The summed E-state index contributed by atoms with van der Waals surface area (Å²) in [5.41, 5.74) is 2.09. The first-order chi connectivity index (χ1) is 13.2. The first-order valence-electron chi connectivity index (χ1n) is 9.11. The lowest BCUT2D eigenvalue weighted by atomic mass is 10.0. The molecule has 0 aromatic heterocycles. The van der Waals surface area contributed by atoms with Crippen molar-refractivity contribution in [2.24, 2.45) is 0 Å². The standard InChI is InChI=1S/C22H24Cl2N2O.2ClH/c1-25-11-4-12-26-14-20-19-6-3-2-5-16(19)8-10-22(20)27-15-17-7-9-18(23)13-21(17)24;;/h2-3,5-10,13,25-26H,4,11-12,14-15H2,1H3;2*1H. The van der Waals surface area contributed by atoms with Crippen LogP contribution in [0.15, 0.2) is 54.6 Å². The summed E-state index contributed by atoms with van der Waals surface area (Å²) in [4.78, 5) is 0. The molecular formula is C22H26Cl4N2O. The van der Waals surface area contributed by atoms with E-state index in [9.17, 15) is 0 Å². The topological polar surface area (TPSA) is 33.3 Å². The van der Waals surface area contributed by atoms with Gasteiger partial charge in [-0.25, -0.2) is 0 Å². The van der Waals surface area contributed by atoms with Crippen molar-refractivity contribution < 1.29 is 4.74 Å². The molecule has 0 saturated heterocycles. The molecular weight excluding hydrogens is 450 g/mol. The largest absolute Gasteiger partial charge is 0.488 e. The highest BCUT2D eigenvalue weighted by molar-refractivity contribution is 6.35. The van der Waals surface area contributed by atoms with E-state index in [1.165, 1.54) is 16.3 Å². The molecule has 0 heterocycles. The zero-order chi connectivity index (χ0) is 19.1. The summed E-state index contributed by atoms with van der Waals surface area (Å²) in [6.45, 7) is 3.11. The van der Waals surface area contributed by atoms with Gasteiger partial charge in [-0.1, -0.05) is 59.6 Å². The van der Waals surface area contributed by atoms with E-state index in [2.05, 4.69) is 41.0 Å². The summed E-state index contributed by atoms with van der Waals surface area (Å²) < 4.78 is 6.15. The van der Waals surface area contributed by atoms with Crippen molar-refractivity contribution in [3.05, 3.63) is 75.8 Å². The number of hydrogen-bond donors (Lipinski definition) is 2. The second kappa shape index (κ2) is 13.2. The summed E-state index contributed by atoms with van der Waals surface area (Å²) in [5.74, 6) is 0.876. The van der Waals surface area contributed by atoms with Crippen molar-refractivity contribution in [1.29, 1.82) is 0 Å². The van der Waals surface area contributed by atoms with Crippen LogP contribution in [0, 0.1) is 0 Å². The smallest absolute Gasteiger partial charge is 0.124 e. The van der Waals surface area contributed by atoms with Crippen molar-refractivity contribution in [2.45, 2.75) is 19.6 Å². The van der Waals surface area contributed by atoms with E-state index in [1.54, 1.807) is 6.07 Å². The van der Waals surface area contributed by atoms with Gasteiger partial charge in [-0.3, -0.25) is 0 Å². The predicted molar refractivity (Wildman–Crippen MR) is 129 cm³/mol. The average Bonchev–Trinajstić information content (AvgIpc) is 2.68. The quantitative estimate of drug-likeness (QED) is 0.358. The summed E-state index contributed by atoms with van der Waals surface area (Å²) in [6.07, 6.45) is 1.08. The first-order valence-corrected chi connectivity index (χ1v) is 9.87. The van der Waals surface area contributed by atoms with Crippen LogP contribution in [0.2, 0.25) is 10.0 Å². The lowest BCUT2D eigenvalue weighted by molar-refractivity contribution is 0.303. The monoisotopic (exact) mass is 474 g/mol. The van der Waals surface area contributed by atoms with Crippen LogP contribution in [0.4, 0.5) is 0 Å². The third kappa shape index (κ3) is 7.21. The predicted octanol–water partition coefficient (Wildman–Crippen LogP) is 6.27. The summed E-state index contributed by atoms with van der Waals surface area (Å²) in [5, 5.41) is 10.4. The molecule has 0 saturated carbocycles. The number of fused-ring (bicyclic) bond motifs is 1. The van der Waals surface area contributed by atoms with Gasteiger partial charge in [-0.05, 0) is 55.5 Å². The molecule has 29 heavy (non-hydrogen) atoms. The van der Waals surface area contributed by atoms with Gasteiger partial charge < -0.3 is 15.4 Å². The number of halogens is 4. The van der Waals surface area contributed by atoms with Gasteiger partial charge in [0, 0.05) is 27.7 Å². The fourth-order valence-corrected chi connectivity index (χ4v) is 3.49. The Kier molecular flexibility index (Phi) is 11.7. The highest BCUT2D eigenvalue weighted by Gasteiger charge is 2.10. The van der Waals surface area contributed by atoms with Gasteiger partial charge in [0.15, 0.2) is 0 Å². The highest BCUT2D eigenvalue weighted by atomic mass is 35.5. The molecule has 0 radical (unpaired) electrons. The molecule has 0 aliphatic rings. The third-order valence-corrected chi connectivity index (χ3v) is 5.06. The zero-order valence-electron chi connectivity index (χ0n) is 16.2. The van der Waals surface area contributed by atoms with E-state index in [1.807, 2.05) is 25.2 Å². The van der Waals surface area contributed by atoms with E-state index in [-0.39, 0.29) is 24.8 Å². The molecule has 3 aromatic rings. The van der Waals surface area contributed by atoms with Gasteiger partial charge in [0.25, 0.3) is 0 Å². The molecule has 0 bridgehead atoms. The number of ether oxygens (including phenoxy) is 1. The maximum atomic E-state index is 6.28. The van der Waals surface area contributed by atoms with Crippen LogP contribution in [-0.4, -0.2) is 20.1 Å². The van der Waals surface area contributed by atoms with E-state index < -0.39 is 0 Å². The SMILES string of the molecule is CNCCCNCc1c(OCc2ccc(Cl)cc2Cl)ccc2ccccc12.Cl.Cl. The number of benzene rings is 3. The lowest BCUT2D eigenvalue weighted by Gasteiger charge is -2.16. The van der Waals surface area contributed by atoms with Crippen LogP contribution in [0.3, 0.4) is 0 Å². The highest BCUT2D eigenvalue weighted by Crippen LogP contribution is 2.30. The van der Waals surface area contributed by atoms with Gasteiger partial charge in [0.1, 0.15) is 12.4 Å². The van der Waals surface area contributed by atoms with Gasteiger partial charge in [-0.15, -0.1) is 24.8 Å². The molecule has 0 spiro atoms. The molecule has 7 heteroatoms. The Balaban J connectivity index is 0.00000210. The van der Waals surface area contributed by atoms with Crippen molar-refractivity contribution in [3.63, 3.8) is 0 Å². The zero-order valence-corrected chi connectivity index (χ0v) is 19.4. The Morgan fingerprint density at radius 2 is 1.72 bits per heavy atom. The fraction of sp³-hybridized carbons (Fsp3) is 0.273. The molecule has 0 unspecified atom stereocenters. The summed E-state index contributed by atoms with van der Waals surface area (Å²) >= 11 is 12.3. The van der Waals surface area contributed by atoms with E-state index in [0.717, 1.165) is 37.4 Å². The van der Waals surface area contributed by atoms with Crippen molar-refractivity contribution >= 4 is 58.8 Å². The number of rotatable bonds is 9. The van der Waals surface area contributed by atoms with Gasteiger partial charge in [0.2, 0.25) is 0 Å². The molecule has 0 atom stereocenters.